The second-order valence-corrected chi connectivity index (χ2v) is 7.05. The minimum Gasteiger partial charge on any atom is -0.369 e. The molecule has 2 amide bonds. The second kappa shape index (κ2) is 8.31. The van der Waals surface area contributed by atoms with Crippen molar-refractivity contribution in [2.24, 2.45) is 11.7 Å². The summed E-state index contributed by atoms with van der Waals surface area (Å²) in [6.45, 7) is 3.78. The topological polar surface area (TPSA) is 75.4 Å². The number of piperidine rings is 1. The fourth-order valence-electron chi connectivity index (χ4n) is 3.43. The summed E-state index contributed by atoms with van der Waals surface area (Å²) < 4.78 is 13.4. The number of carbonyl (C=O) groups excluding carboxylic acids is 2. The first-order chi connectivity index (χ1) is 12.9. The van der Waals surface area contributed by atoms with E-state index in [1.807, 2.05) is 24.3 Å². The average molecular weight is 369 g/mol. The molecule has 1 aliphatic rings. The van der Waals surface area contributed by atoms with E-state index in [4.69, 9.17) is 5.73 Å². The highest BCUT2D eigenvalue weighted by Gasteiger charge is 2.24. The van der Waals surface area contributed by atoms with E-state index >= 15 is 0 Å². The summed E-state index contributed by atoms with van der Waals surface area (Å²) >= 11 is 0. The maximum Gasteiger partial charge on any atom is 0.255 e. The third-order valence-electron chi connectivity index (χ3n) is 4.99. The van der Waals surface area contributed by atoms with E-state index < -0.39 is 0 Å². The zero-order valence-corrected chi connectivity index (χ0v) is 15.4. The summed E-state index contributed by atoms with van der Waals surface area (Å²) in [5, 5.41) is 2.92. The van der Waals surface area contributed by atoms with Crippen molar-refractivity contribution >= 4 is 17.5 Å². The number of amides is 2. The summed E-state index contributed by atoms with van der Waals surface area (Å²) in [6.07, 6.45) is 1.76. The van der Waals surface area contributed by atoms with Crippen LogP contribution in [-0.4, -0.2) is 29.8 Å². The van der Waals surface area contributed by atoms with Gasteiger partial charge in [-0.2, -0.15) is 0 Å². The Labute approximate surface area is 158 Å². The predicted molar refractivity (Wildman–Crippen MR) is 103 cm³/mol. The largest absolute Gasteiger partial charge is 0.369 e. The number of rotatable bonds is 5. The number of likely N-dealkylation sites (tertiary alicyclic amines) is 1. The van der Waals surface area contributed by atoms with Gasteiger partial charge in [0.05, 0.1) is 5.92 Å². The number of halogens is 1. The molecule has 2 aromatic carbocycles. The number of primary amides is 1. The highest BCUT2D eigenvalue weighted by atomic mass is 19.1. The van der Waals surface area contributed by atoms with Crippen molar-refractivity contribution < 1.29 is 14.0 Å². The Morgan fingerprint density at radius 2 is 2.04 bits per heavy atom. The summed E-state index contributed by atoms with van der Waals surface area (Å²) in [7, 11) is 0. The highest BCUT2D eigenvalue weighted by molar-refractivity contribution is 6.04. The predicted octanol–water partition coefficient (Wildman–Crippen LogP) is 3.08. The van der Waals surface area contributed by atoms with Crippen LogP contribution in [0.5, 0.6) is 0 Å². The number of aryl methyl sites for hydroxylation is 1. The van der Waals surface area contributed by atoms with Gasteiger partial charge in [0.2, 0.25) is 5.91 Å². The molecule has 1 atom stereocenters. The van der Waals surface area contributed by atoms with E-state index in [2.05, 4.69) is 10.2 Å². The number of anilines is 1. The third-order valence-corrected chi connectivity index (χ3v) is 4.99. The molecule has 27 heavy (non-hydrogen) atoms. The monoisotopic (exact) mass is 369 g/mol. The Morgan fingerprint density at radius 3 is 2.78 bits per heavy atom. The van der Waals surface area contributed by atoms with Gasteiger partial charge in [-0.05, 0) is 61.7 Å². The van der Waals surface area contributed by atoms with E-state index in [-0.39, 0.29) is 23.5 Å². The molecular formula is C21H24FN3O2. The number of nitrogens with two attached hydrogens (primary N) is 1. The number of hydrogen-bond acceptors (Lipinski definition) is 3. The van der Waals surface area contributed by atoms with Gasteiger partial charge in [0, 0.05) is 24.3 Å². The molecule has 2 aromatic rings. The Morgan fingerprint density at radius 1 is 1.26 bits per heavy atom. The Balaban J connectivity index is 1.73. The highest BCUT2D eigenvalue weighted by Crippen LogP contribution is 2.23. The van der Waals surface area contributed by atoms with Crippen LogP contribution >= 0.6 is 0 Å². The van der Waals surface area contributed by atoms with Gasteiger partial charge in [0.1, 0.15) is 5.82 Å². The molecule has 0 bridgehead atoms. The molecule has 0 spiro atoms. The fraction of sp³-hybridized carbons (Fsp3) is 0.333. The van der Waals surface area contributed by atoms with Crippen LogP contribution in [0, 0.1) is 18.7 Å². The average Bonchev–Trinajstić information content (AvgIpc) is 2.65. The van der Waals surface area contributed by atoms with Gasteiger partial charge in [-0.3, -0.25) is 14.5 Å². The van der Waals surface area contributed by atoms with Gasteiger partial charge >= 0.3 is 0 Å². The van der Waals surface area contributed by atoms with Crippen molar-refractivity contribution in [3.05, 3.63) is 65.0 Å². The van der Waals surface area contributed by atoms with Crippen molar-refractivity contribution in [2.45, 2.75) is 26.3 Å². The van der Waals surface area contributed by atoms with Crippen LogP contribution in [0.25, 0.3) is 0 Å². The number of carbonyl (C=O) groups is 2. The lowest BCUT2D eigenvalue weighted by molar-refractivity contribution is -0.123. The quantitative estimate of drug-likeness (QED) is 0.850. The van der Waals surface area contributed by atoms with Crippen LogP contribution in [0.15, 0.2) is 42.5 Å². The summed E-state index contributed by atoms with van der Waals surface area (Å²) in [5.41, 5.74) is 7.98. The molecule has 1 aliphatic heterocycles. The molecular weight excluding hydrogens is 345 g/mol. The zero-order valence-electron chi connectivity index (χ0n) is 15.4. The number of para-hydroxylation sites is 1. The Bertz CT molecular complexity index is 853. The molecule has 142 valence electrons. The van der Waals surface area contributed by atoms with E-state index in [1.54, 1.807) is 6.92 Å². The van der Waals surface area contributed by atoms with Gasteiger partial charge in [-0.1, -0.05) is 18.2 Å². The maximum atomic E-state index is 13.4. The van der Waals surface area contributed by atoms with Crippen molar-refractivity contribution in [2.75, 3.05) is 18.4 Å². The second-order valence-electron chi connectivity index (χ2n) is 7.05. The first-order valence-electron chi connectivity index (χ1n) is 9.11. The van der Waals surface area contributed by atoms with Crippen LogP contribution in [0.4, 0.5) is 10.1 Å². The SMILES string of the molecule is Cc1cc(C(=O)Nc2ccccc2CN2CCCC(C(N)=O)C2)ccc1F. The smallest absolute Gasteiger partial charge is 0.255 e. The number of benzene rings is 2. The lowest BCUT2D eigenvalue weighted by Gasteiger charge is -2.31. The van der Waals surface area contributed by atoms with E-state index in [9.17, 15) is 14.0 Å². The van der Waals surface area contributed by atoms with Gasteiger partial charge in [-0.15, -0.1) is 0 Å². The fourth-order valence-corrected chi connectivity index (χ4v) is 3.43. The van der Waals surface area contributed by atoms with Crippen LogP contribution in [0.1, 0.15) is 34.3 Å². The molecule has 1 unspecified atom stereocenters. The third kappa shape index (κ3) is 4.71. The molecule has 5 nitrogen and oxygen atoms in total. The molecule has 0 aliphatic carbocycles. The molecule has 0 aromatic heterocycles. The van der Waals surface area contributed by atoms with Crippen molar-refractivity contribution in [3.63, 3.8) is 0 Å². The molecule has 6 heteroatoms. The van der Waals surface area contributed by atoms with E-state index in [1.165, 1.54) is 18.2 Å². The van der Waals surface area contributed by atoms with Gasteiger partial charge in [0.25, 0.3) is 5.91 Å². The number of nitrogens with zero attached hydrogens (tertiary/aromatic N) is 1. The molecule has 3 rings (SSSR count). The molecule has 3 N–H and O–H groups in total. The van der Waals surface area contributed by atoms with E-state index in [0.717, 1.165) is 24.9 Å². The summed E-state index contributed by atoms with van der Waals surface area (Å²) in [5.74, 6) is -0.990. The van der Waals surface area contributed by atoms with E-state index in [0.29, 0.717) is 29.9 Å². The summed E-state index contributed by atoms with van der Waals surface area (Å²) in [6, 6.07) is 11.9. The van der Waals surface area contributed by atoms with Gasteiger partial charge < -0.3 is 11.1 Å². The zero-order chi connectivity index (χ0) is 19.4. The lowest BCUT2D eigenvalue weighted by Crippen LogP contribution is -2.40. The molecule has 1 fully saturated rings. The van der Waals surface area contributed by atoms with Gasteiger partial charge in [0.15, 0.2) is 0 Å². The van der Waals surface area contributed by atoms with Crippen molar-refractivity contribution in [1.29, 1.82) is 0 Å². The van der Waals surface area contributed by atoms with Crippen molar-refractivity contribution in [1.82, 2.24) is 4.90 Å². The molecule has 0 radical (unpaired) electrons. The van der Waals surface area contributed by atoms with Crippen LogP contribution in [0.3, 0.4) is 0 Å². The minimum absolute atomic E-state index is 0.123. The van der Waals surface area contributed by atoms with Crippen molar-refractivity contribution in [3.8, 4) is 0 Å². The van der Waals surface area contributed by atoms with Crippen LogP contribution in [0.2, 0.25) is 0 Å². The number of hydrogen-bond donors (Lipinski definition) is 2. The Kier molecular flexibility index (Phi) is 5.86. The molecule has 0 saturated carbocycles. The minimum atomic E-state index is -0.332. The lowest BCUT2D eigenvalue weighted by atomic mass is 9.97. The normalized spacial score (nSPS) is 17.5. The maximum absolute atomic E-state index is 13.4. The number of nitrogens with one attached hydrogen (secondary N) is 1. The van der Waals surface area contributed by atoms with Gasteiger partial charge in [-0.25, -0.2) is 4.39 Å². The Hall–Kier alpha value is -2.73. The standard InChI is InChI=1S/C21H24FN3O2/c1-14-11-15(8-9-18(14)22)21(27)24-19-7-3-2-5-16(19)12-25-10-4-6-17(13-25)20(23)26/h2-3,5,7-9,11,17H,4,6,10,12-13H2,1H3,(H2,23,26)(H,24,27). The molecule has 1 saturated heterocycles. The summed E-state index contributed by atoms with van der Waals surface area (Å²) in [4.78, 5) is 26.2. The first kappa shape index (κ1) is 19.0. The molecule has 1 heterocycles. The van der Waals surface area contributed by atoms with Crippen LogP contribution < -0.4 is 11.1 Å². The first-order valence-corrected chi connectivity index (χ1v) is 9.11. The van der Waals surface area contributed by atoms with Crippen LogP contribution in [-0.2, 0) is 11.3 Å².